The molecule has 0 atom stereocenters. The molecule has 0 amide bonds. The fourth-order valence-corrected chi connectivity index (χ4v) is 2.32. The van der Waals surface area contributed by atoms with Crippen LogP contribution in [0.3, 0.4) is 0 Å². The highest BCUT2D eigenvalue weighted by molar-refractivity contribution is 6.31. The Labute approximate surface area is 116 Å². The van der Waals surface area contributed by atoms with Gasteiger partial charge in [0.05, 0.1) is 10.7 Å². The predicted molar refractivity (Wildman–Crippen MR) is 78.5 cm³/mol. The molecule has 4 nitrogen and oxygen atoms in total. The summed E-state index contributed by atoms with van der Waals surface area (Å²) < 4.78 is 1.98. The quantitative estimate of drug-likeness (QED) is 0.778. The number of nitrogens with zero attached hydrogens (tertiary/aromatic N) is 3. The topological polar surface area (TPSA) is 42.7 Å². The van der Waals surface area contributed by atoms with Crippen LogP contribution in [0.1, 0.15) is 0 Å². The fourth-order valence-electron chi connectivity index (χ4n) is 2.16. The molecule has 3 aromatic heterocycles. The maximum atomic E-state index is 6.04. The van der Waals surface area contributed by atoms with Crippen LogP contribution in [0.4, 0.5) is 5.82 Å². The zero-order chi connectivity index (χ0) is 13.4. The van der Waals surface area contributed by atoms with Crippen LogP contribution in [-0.2, 0) is 7.05 Å². The lowest BCUT2D eigenvalue weighted by Crippen LogP contribution is -1.92. The molecule has 96 valence electrons. The van der Waals surface area contributed by atoms with Crippen LogP contribution in [-0.4, -0.2) is 21.6 Å². The average Bonchev–Trinajstić information content (AvgIpc) is 2.75. The van der Waals surface area contributed by atoms with Crippen molar-refractivity contribution >= 4 is 28.5 Å². The van der Waals surface area contributed by atoms with E-state index in [-0.39, 0.29) is 0 Å². The van der Waals surface area contributed by atoms with Crippen LogP contribution >= 0.6 is 11.6 Å². The maximum Gasteiger partial charge on any atom is 0.140 e. The molecule has 3 aromatic rings. The molecule has 0 aliphatic rings. The molecule has 0 aliphatic carbocycles. The molecule has 0 radical (unpaired) electrons. The summed E-state index contributed by atoms with van der Waals surface area (Å²) in [4.78, 5) is 8.92. The highest BCUT2D eigenvalue weighted by Gasteiger charge is 2.11. The predicted octanol–water partition coefficient (Wildman–Crippen LogP) is 3.33. The van der Waals surface area contributed by atoms with Crippen molar-refractivity contribution in [2.24, 2.45) is 7.05 Å². The third-order valence-electron chi connectivity index (χ3n) is 3.06. The monoisotopic (exact) mass is 272 g/mol. The summed E-state index contributed by atoms with van der Waals surface area (Å²) in [5.41, 5.74) is 2.84. The van der Waals surface area contributed by atoms with Crippen molar-refractivity contribution < 1.29 is 0 Å². The Balaban J connectivity index is 2.26. The van der Waals surface area contributed by atoms with E-state index in [1.807, 2.05) is 49.1 Å². The van der Waals surface area contributed by atoms with Gasteiger partial charge in [-0.05, 0) is 18.2 Å². The SMILES string of the molecule is CNc1cccc(-c2cn(C)c3ncc(Cl)cc23)n1. The summed E-state index contributed by atoms with van der Waals surface area (Å²) >= 11 is 6.04. The lowest BCUT2D eigenvalue weighted by Gasteiger charge is -2.02. The second kappa shape index (κ2) is 4.55. The second-order valence-corrected chi connectivity index (χ2v) is 4.77. The van der Waals surface area contributed by atoms with Crippen molar-refractivity contribution in [2.45, 2.75) is 0 Å². The van der Waals surface area contributed by atoms with E-state index < -0.39 is 0 Å². The van der Waals surface area contributed by atoms with Crippen molar-refractivity contribution in [1.29, 1.82) is 0 Å². The lowest BCUT2D eigenvalue weighted by atomic mass is 10.1. The van der Waals surface area contributed by atoms with Gasteiger partial charge in [-0.2, -0.15) is 0 Å². The zero-order valence-corrected chi connectivity index (χ0v) is 11.4. The molecule has 19 heavy (non-hydrogen) atoms. The number of aryl methyl sites for hydroxylation is 1. The van der Waals surface area contributed by atoms with E-state index in [1.165, 1.54) is 0 Å². The molecule has 3 rings (SSSR count). The first-order valence-electron chi connectivity index (χ1n) is 5.95. The van der Waals surface area contributed by atoms with Crippen LogP contribution in [0.15, 0.2) is 36.7 Å². The van der Waals surface area contributed by atoms with Crippen molar-refractivity contribution in [3.63, 3.8) is 0 Å². The number of halogens is 1. The highest BCUT2D eigenvalue weighted by atomic mass is 35.5. The molecule has 3 heterocycles. The molecular formula is C14H13ClN4. The van der Waals surface area contributed by atoms with Gasteiger partial charge in [-0.1, -0.05) is 17.7 Å². The van der Waals surface area contributed by atoms with Crippen molar-refractivity contribution in [1.82, 2.24) is 14.5 Å². The van der Waals surface area contributed by atoms with E-state index in [4.69, 9.17) is 11.6 Å². The molecule has 5 heteroatoms. The van der Waals surface area contributed by atoms with Gasteiger partial charge in [0.15, 0.2) is 0 Å². The summed E-state index contributed by atoms with van der Waals surface area (Å²) in [6.45, 7) is 0. The van der Waals surface area contributed by atoms with E-state index in [1.54, 1.807) is 6.20 Å². The Morgan fingerprint density at radius 1 is 1.32 bits per heavy atom. The van der Waals surface area contributed by atoms with Crippen LogP contribution in [0.2, 0.25) is 5.02 Å². The minimum atomic E-state index is 0.629. The molecule has 0 fully saturated rings. The number of anilines is 1. The summed E-state index contributed by atoms with van der Waals surface area (Å²) in [7, 11) is 3.82. The van der Waals surface area contributed by atoms with Gasteiger partial charge < -0.3 is 9.88 Å². The Morgan fingerprint density at radius 2 is 2.16 bits per heavy atom. The maximum absolute atomic E-state index is 6.04. The van der Waals surface area contributed by atoms with Crippen LogP contribution in [0.5, 0.6) is 0 Å². The molecule has 0 aliphatic heterocycles. The lowest BCUT2D eigenvalue weighted by molar-refractivity contribution is 0.949. The molecule has 0 spiro atoms. The van der Waals surface area contributed by atoms with Gasteiger partial charge in [0.1, 0.15) is 11.5 Å². The van der Waals surface area contributed by atoms with Gasteiger partial charge in [-0.15, -0.1) is 0 Å². The minimum absolute atomic E-state index is 0.629. The molecule has 0 aromatic carbocycles. The van der Waals surface area contributed by atoms with E-state index in [2.05, 4.69) is 15.3 Å². The molecule has 0 unspecified atom stereocenters. The zero-order valence-electron chi connectivity index (χ0n) is 10.7. The van der Waals surface area contributed by atoms with Gasteiger partial charge in [0.25, 0.3) is 0 Å². The normalized spacial score (nSPS) is 10.9. The average molecular weight is 273 g/mol. The smallest absolute Gasteiger partial charge is 0.140 e. The minimum Gasteiger partial charge on any atom is -0.373 e. The first-order chi connectivity index (χ1) is 9.19. The number of pyridine rings is 2. The van der Waals surface area contributed by atoms with Gasteiger partial charge in [-0.25, -0.2) is 9.97 Å². The third kappa shape index (κ3) is 2.04. The number of nitrogens with one attached hydrogen (secondary N) is 1. The molecule has 0 bridgehead atoms. The van der Waals surface area contributed by atoms with Gasteiger partial charge in [-0.3, -0.25) is 0 Å². The number of fused-ring (bicyclic) bond motifs is 1. The van der Waals surface area contributed by atoms with E-state index in [0.29, 0.717) is 5.02 Å². The molecule has 0 saturated heterocycles. The van der Waals surface area contributed by atoms with Crippen molar-refractivity contribution in [2.75, 3.05) is 12.4 Å². The number of hydrogen-bond acceptors (Lipinski definition) is 3. The Morgan fingerprint density at radius 3 is 2.95 bits per heavy atom. The van der Waals surface area contributed by atoms with Crippen molar-refractivity contribution in [3.8, 4) is 11.3 Å². The van der Waals surface area contributed by atoms with Crippen LogP contribution in [0, 0.1) is 0 Å². The molecule has 0 saturated carbocycles. The van der Waals surface area contributed by atoms with Crippen molar-refractivity contribution in [3.05, 3.63) is 41.7 Å². The Bertz CT molecular complexity index is 748. The Hall–Kier alpha value is -2.07. The standard InChI is InChI=1S/C14H13ClN4/c1-16-13-5-3-4-12(18-13)11-8-19(2)14-10(11)6-9(15)7-17-14/h3-8H,1-2H3,(H,16,18). The summed E-state index contributed by atoms with van der Waals surface area (Å²) in [6.07, 6.45) is 3.68. The van der Waals surface area contributed by atoms with Gasteiger partial charge in [0.2, 0.25) is 0 Å². The number of rotatable bonds is 2. The van der Waals surface area contributed by atoms with Gasteiger partial charge >= 0.3 is 0 Å². The van der Waals surface area contributed by atoms with E-state index in [0.717, 1.165) is 28.1 Å². The number of aromatic nitrogens is 3. The highest BCUT2D eigenvalue weighted by Crippen LogP contribution is 2.30. The van der Waals surface area contributed by atoms with Crippen LogP contribution in [0.25, 0.3) is 22.3 Å². The van der Waals surface area contributed by atoms with Gasteiger partial charge in [0, 0.05) is 37.4 Å². The third-order valence-corrected chi connectivity index (χ3v) is 3.27. The van der Waals surface area contributed by atoms with Crippen LogP contribution < -0.4 is 5.32 Å². The summed E-state index contributed by atoms with van der Waals surface area (Å²) in [5.74, 6) is 0.837. The first kappa shape index (κ1) is 12.0. The largest absolute Gasteiger partial charge is 0.373 e. The fraction of sp³-hybridized carbons (Fsp3) is 0.143. The Kier molecular flexibility index (Phi) is 2.87. The van der Waals surface area contributed by atoms with E-state index >= 15 is 0 Å². The number of hydrogen-bond donors (Lipinski definition) is 1. The first-order valence-corrected chi connectivity index (χ1v) is 6.32. The summed E-state index contributed by atoms with van der Waals surface area (Å²) in [5, 5.41) is 4.68. The molecule has 1 N–H and O–H groups in total. The second-order valence-electron chi connectivity index (χ2n) is 4.34. The molecular weight excluding hydrogens is 260 g/mol. The van der Waals surface area contributed by atoms with E-state index in [9.17, 15) is 0 Å². The summed E-state index contributed by atoms with van der Waals surface area (Å²) in [6, 6.07) is 7.81.